The number of sulfonamides is 1. The number of ketones is 1. The van der Waals surface area contributed by atoms with Crippen LogP contribution in [0.3, 0.4) is 0 Å². The molecule has 2 amide bonds. The van der Waals surface area contributed by atoms with Crippen LogP contribution < -0.4 is 14.2 Å². The second-order valence-corrected chi connectivity index (χ2v) is 20.6. The molecule has 4 aliphatic rings. The second-order valence-electron chi connectivity index (χ2n) is 17.7. The molecular weight excluding hydrogens is 797 g/mol. The molecule has 5 atom stereocenters. The number of nitrogens with one attached hydrogen (secondary N) is 1. The Morgan fingerprint density at radius 1 is 1.02 bits per heavy atom. The highest BCUT2D eigenvalue weighted by atomic mass is 32.2. The van der Waals surface area contributed by atoms with Crippen LogP contribution in [0.2, 0.25) is 0 Å². The maximum absolute atomic E-state index is 15.0. The zero-order chi connectivity index (χ0) is 42.3. The monoisotopic (exact) mass is 852 g/mol. The van der Waals surface area contributed by atoms with Crippen molar-refractivity contribution in [3.63, 3.8) is 0 Å². The Kier molecular flexibility index (Phi) is 11.9. The Morgan fingerprint density at radius 3 is 2.52 bits per heavy atom. The van der Waals surface area contributed by atoms with Crippen LogP contribution in [0.1, 0.15) is 106 Å². The molecule has 3 fully saturated rings. The van der Waals surface area contributed by atoms with Crippen molar-refractivity contribution in [2.75, 3.05) is 13.7 Å². The number of hydrogen-bond donors (Lipinski definition) is 1. The largest absolute Gasteiger partial charge is 0.496 e. The van der Waals surface area contributed by atoms with Gasteiger partial charge in [-0.2, -0.15) is 0 Å². The quantitative estimate of drug-likeness (QED) is 0.156. The number of nitrogens with zero attached hydrogens (tertiary/aromatic N) is 3. The molecule has 13 heteroatoms. The highest BCUT2D eigenvalue weighted by Crippen LogP contribution is 2.57. The summed E-state index contributed by atoms with van der Waals surface area (Å²) in [4.78, 5) is 55.5. The number of carbonyl (C=O) groups excluding carboxylic acids is 3. The van der Waals surface area contributed by atoms with Crippen molar-refractivity contribution in [1.29, 1.82) is 0 Å². The zero-order valence-corrected chi connectivity index (χ0v) is 36.9. The van der Waals surface area contributed by atoms with Gasteiger partial charge in [0.25, 0.3) is 0 Å². The van der Waals surface area contributed by atoms with Crippen molar-refractivity contribution < 1.29 is 32.3 Å². The third-order valence-electron chi connectivity index (χ3n) is 12.9. The second kappa shape index (κ2) is 17.0. The van der Waals surface area contributed by atoms with E-state index in [-0.39, 0.29) is 48.8 Å². The first kappa shape index (κ1) is 42.1. The van der Waals surface area contributed by atoms with E-state index in [0.29, 0.717) is 54.8 Å². The molecule has 8 rings (SSSR count). The van der Waals surface area contributed by atoms with Gasteiger partial charge in [0.1, 0.15) is 28.3 Å². The van der Waals surface area contributed by atoms with Crippen molar-refractivity contribution in [2.45, 2.75) is 122 Å². The Balaban J connectivity index is 1.15. The lowest BCUT2D eigenvalue weighted by atomic mass is 9.90. The van der Waals surface area contributed by atoms with Crippen LogP contribution in [0, 0.1) is 31.1 Å². The Bertz CT molecular complexity index is 2420. The van der Waals surface area contributed by atoms with Crippen molar-refractivity contribution in [1.82, 2.24) is 19.6 Å². The summed E-state index contributed by atoms with van der Waals surface area (Å²) in [7, 11) is -2.20. The standard InChI is InChI=1S/C47H56N4O7S2/c1-28(2)38-27-59-44(49-38)37-23-42(36-19-20-41(57-5)30(4)43(36)48-37)58-34-22-39-40(52)25-47(46(54)50-60(55,56)35-17-18-35)24-33(47)12-10-8-6-7-9-11-32(45(53)51(39)26-34)21-31-15-13-29(3)14-16-31/h10,12-16,19-20,23,27-28,32-35,39H,6-9,11,17-18,21-22,24-26H2,1-5H3,(H,50,54)/b12-10-/t32-,33-,34-,39+,47-/m1/s1. The highest BCUT2D eigenvalue weighted by molar-refractivity contribution is 7.90. The molecule has 4 heterocycles. The molecule has 0 unspecified atom stereocenters. The van der Waals surface area contributed by atoms with Crippen LogP contribution in [-0.2, 0) is 30.8 Å². The third kappa shape index (κ3) is 8.75. The molecule has 2 aliphatic heterocycles. The van der Waals surface area contributed by atoms with E-state index >= 15 is 0 Å². The topological polar surface area (TPSA) is 145 Å². The molecule has 0 spiro atoms. The number of amides is 2. The van der Waals surface area contributed by atoms with E-state index in [4.69, 9.17) is 19.4 Å². The number of Topliss-reactive ketones (excluding diaryl/α,β-unsaturated/α-hetero) is 1. The normalized spacial score (nSPS) is 25.6. The van der Waals surface area contributed by atoms with E-state index in [1.807, 2.05) is 43.5 Å². The number of benzene rings is 2. The molecule has 318 valence electrons. The van der Waals surface area contributed by atoms with E-state index in [1.54, 1.807) is 12.0 Å². The number of allylic oxidation sites excluding steroid dienone is 2. The van der Waals surface area contributed by atoms with Crippen LogP contribution in [0.4, 0.5) is 0 Å². The van der Waals surface area contributed by atoms with Gasteiger partial charge in [-0.1, -0.05) is 68.7 Å². The molecule has 1 saturated heterocycles. The third-order valence-corrected chi connectivity index (χ3v) is 15.6. The predicted molar refractivity (Wildman–Crippen MR) is 234 cm³/mol. The number of aromatic nitrogens is 2. The van der Waals surface area contributed by atoms with Crippen LogP contribution in [0.15, 0.2) is 60.0 Å². The molecular formula is C47H56N4O7S2. The Morgan fingerprint density at radius 2 is 1.80 bits per heavy atom. The summed E-state index contributed by atoms with van der Waals surface area (Å²) >= 11 is 1.52. The van der Waals surface area contributed by atoms with Crippen molar-refractivity contribution in [2.24, 2.45) is 17.3 Å². The average molecular weight is 853 g/mol. The van der Waals surface area contributed by atoms with Gasteiger partial charge in [0.2, 0.25) is 21.8 Å². The summed E-state index contributed by atoms with van der Waals surface area (Å²) in [6, 6.07) is 13.1. The van der Waals surface area contributed by atoms with Gasteiger partial charge in [0.15, 0.2) is 5.78 Å². The summed E-state index contributed by atoms with van der Waals surface area (Å²) in [6.07, 6.45) is 9.75. The minimum atomic E-state index is -3.83. The molecule has 0 bridgehead atoms. The zero-order valence-electron chi connectivity index (χ0n) is 35.2. The van der Waals surface area contributed by atoms with Crippen LogP contribution >= 0.6 is 11.3 Å². The smallest absolute Gasteiger partial charge is 0.240 e. The number of hydrogen-bond acceptors (Lipinski definition) is 10. The summed E-state index contributed by atoms with van der Waals surface area (Å²) < 4.78 is 41.0. The molecule has 2 aliphatic carbocycles. The Hall–Kier alpha value is -4.62. The van der Waals surface area contributed by atoms with E-state index in [2.05, 4.69) is 48.9 Å². The van der Waals surface area contributed by atoms with E-state index in [1.165, 1.54) is 11.3 Å². The van der Waals surface area contributed by atoms with Gasteiger partial charge in [0, 0.05) is 41.2 Å². The summed E-state index contributed by atoms with van der Waals surface area (Å²) in [6.45, 7) is 8.39. The first-order chi connectivity index (χ1) is 28.8. The fourth-order valence-electron chi connectivity index (χ4n) is 8.99. The summed E-state index contributed by atoms with van der Waals surface area (Å²) in [5.41, 5.74) is 4.21. The average Bonchev–Trinajstić information content (AvgIpc) is 4.10. The number of fused-ring (bicyclic) bond motifs is 3. The molecule has 2 saturated carbocycles. The van der Waals surface area contributed by atoms with Crippen LogP contribution in [0.5, 0.6) is 11.5 Å². The maximum atomic E-state index is 15.0. The van der Waals surface area contributed by atoms with Gasteiger partial charge in [0.05, 0.1) is 41.6 Å². The van der Waals surface area contributed by atoms with Crippen molar-refractivity contribution >= 4 is 49.9 Å². The molecule has 0 radical (unpaired) electrons. The number of carbonyl (C=O) groups is 3. The van der Waals surface area contributed by atoms with Crippen molar-refractivity contribution in [3.8, 4) is 22.2 Å². The maximum Gasteiger partial charge on any atom is 0.240 e. The number of pyridine rings is 1. The molecule has 4 aromatic rings. The first-order valence-corrected chi connectivity index (χ1v) is 23.9. The van der Waals surface area contributed by atoms with Crippen molar-refractivity contribution in [3.05, 3.63) is 82.4 Å². The van der Waals surface area contributed by atoms with Gasteiger partial charge in [-0.3, -0.25) is 19.1 Å². The van der Waals surface area contributed by atoms with Crippen LogP contribution in [0.25, 0.3) is 21.6 Å². The molecule has 2 aromatic heterocycles. The minimum Gasteiger partial charge on any atom is -0.496 e. The predicted octanol–water partition coefficient (Wildman–Crippen LogP) is 8.41. The summed E-state index contributed by atoms with van der Waals surface area (Å²) in [5, 5.41) is 3.01. The fraction of sp³-hybridized carbons (Fsp3) is 0.511. The highest BCUT2D eigenvalue weighted by Gasteiger charge is 2.61. The van der Waals surface area contributed by atoms with E-state index < -0.39 is 38.7 Å². The molecule has 11 nitrogen and oxygen atoms in total. The molecule has 60 heavy (non-hydrogen) atoms. The lowest BCUT2D eigenvalue weighted by molar-refractivity contribution is -0.142. The molecule has 1 N–H and O–H groups in total. The van der Waals surface area contributed by atoms with Crippen LogP contribution in [-0.4, -0.2) is 71.9 Å². The molecule has 2 aromatic carbocycles. The number of rotatable bonds is 10. The van der Waals surface area contributed by atoms with Gasteiger partial charge >= 0.3 is 0 Å². The number of methoxy groups -OCH3 is 1. The van der Waals surface area contributed by atoms with Gasteiger partial charge < -0.3 is 14.4 Å². The number of ether oxygens (including phenoxy) is 2. The number of thiazole rings is 1. The van der Waals surface area contributed by atoms with Gasteiger partial charge in [-0.05, 0) is 88.3 Å². The fourth-order valence-corrected chi connectivity index (χ4v) is 11.3. The SMILES string of the molecule is COc1ccc2c(O[C@@H]3C[C@H]4C(=O)C[C@]5(C(=O)NS(=O)(=O)C6CC6)C[C@H]5/C=C\CCCCC[C@H](Cc5ccc(C)cc5)C(=O)N4C3)cc(-c3nc(C(C)C)cs3)nc2c1C. The van der Waals surface area contributed by atoms with E-state index in [0.717, 1.165) is 58.5 Å². The minimum absolute atomic E-state index is 0.0972. The first-order valence-electron chi connectivity index (χ1n) is 21.5. The summed E-state index contributed by atoms with van der Waals surface area (Å²) in [5.74, 6) is -0.0855. The van der Waals surface area contributed by atoms with E-state index in [9.17, 15) is 22.8 Å². The lowest BCUT2D eigenvalue weighted by Crippen LogP contribution is -2.46. The van der Waals surface area contributed by atoms with Gasteiger partial charge in [-0.25, -0.2) is 18.4 Å². The Labute approximate surface area is 357 Å². The van der Waals surface area contributed by atoms with Gasteiger partial charge in [-0.15, -0.1) is 11.3 Å². The number of aryl methyl sites for hydroxylation is 2. The lowest BCUT2D eigenvalue weighted by Gasteiger charge is -2.29.